The van der Waals surface area contributed by atoms with E-state index >= 15 is 0 Å². The molecule has 126 valence electrons. The van der Waals surface area contributed by atoms with E-state index in [4.69, 9.17) is 16.6 Å². The van der Waals surface area contributed by atoms with E-state index in [1.54, 1.807) is 23.5 Å². The molecule has 0 aliphatic rings. The molecule has 0 atom stereocenters. The average molecular weight is 376 g/mol. The van der Waals surface area contributed by atoms with Gasteiger partial charge in [0.2, 0.25) is 0 Å². The maximum atomic E-state index is 5.92. The quantitative estimate of drug-likeness (QED) is 0.296. The summed E-state index contributed by atoms with van der Waals surface area (Å²) >= 11 is 9.39. The Morgan fingerprint density at radius 1 is 1.08 bits per heavy atom. The summed E-state index contributed by atoms with van der Waals surface area (Å²) < 4.78 is 0. The number of aryl methyl sites for hydroxylation is 1. The van der Waals surface area contributed by atoms with Crippen molar-refractivity contribution in [1.82, 2.24) is 0 Å². The molecule has 0 aliphatic carbocycles. The molecule has 0 aliphatic heterocycles. The van der Waals surface area contributed by atoms with Crippen LogP contribution in [0.15, 0.2) is 69.9 Å². The van der Waals surface area contributed by atoms with E-state index in [0.29, 0.717) is 5.92 Å². The number of hydrogen-bond donors (Lipinski definition) is 0. The zero-order valence-electron chi connectivity index (χ0n) is 14.2. The van der Waals surface area contributed by atoms with Crippen LogP contribution in [0.2, 0.25) is 5.02 Å². The minimum Gasteiger partial charge on any atom is -0.242 e. The summed E-state index contributed by atoms with van der Waals surface area (Å²) in [5.41, 5.74) is 2.24. The molecule has 2 aromatic carbocycles. The van der Waals surface area contributed by atoms with Crippen LogP contribution in [0.25, 0.3) is 0 Å². The van der Waals surface area contributed by atoms with Crippen LogP contribution < -0.4 is 0 Å². The zero-order chi connectivity index (χ0) is 17.4. The van der Waals surface area contributed by atoms with Gasteiger partial charge < -0.3 is 0 Å². The Balaban J connectivity index is 2.08. The second-order valence-electron chi connectivity index (χ2n) is 5.86. The minimum absolute atomic E-state index is 0.635. The van der Waals surface area contributed by atoms with Gasteiger partial charge in [0.25, 0.3) is 0 Å². The molecule has 1 nitrogen and oxygen atoms in total. The first-order chi connectivity index (χ1) is 11.5. The van der Waals surface area contributed by atoms with Crippen LogP contribution in [-0.2, 0) is 0 Å². The number of halogens is 1. The lowest BCUT2D eigenvalue weighted by Gasteiger charge is -2.05. The first-order valence-electron chi connectivity index (χ1n) is 7.90. The van der Waals surface area contributed by atoms with E-state index in [2.05, 4.69) is 56.5 Å². The molecule has 0 bridgehead atoms. The summed E-state index contributed by atoms with van der Waals surface area (Å²) in [6.07, 6.45) is 2.09. The number of hydrogen-bond acceptors (Lipinski definition) is 3. The standard InChI is InChI=1S/C20H22ClNS2/c1-15(2)14-24-20(22-18-8-4-16(3)5-9-18)12-13-23-19-10-6-17(21)7-11-19/h4-13,15H,14H2,1-3H3. The highest BCUT2D eigenvalue weighted by Crippen LogP contribution is 2.23. The Kier molecular flexibility index (Phi) is 7.97. The van der Waals surface area contributed by atoms with E-state index in [1.807, 2.05) is 24.3 Å². The highest BCUT2D eigenvalue weighted by molar-refractivity contribution is 8.14. The van der Waals surface area contributed by atoms with Gasteiger partial charge in [-0.3, -0.25) is 0 Å². The molecule has 0 N–H and O–H groups in total. The number of nitrogens with zero attached hydrogens (tertiary/aromatic N) is 1. The molecule has 0 heterocycles. The van der Waals surface area contributed by atoms with Crippen LogP contribution in [0.3, 0.4) is 0 Å². The molecule has 2 aromatic rings. The molecule has 0 saturated heterocycles. The van der Waals surface area contributed by atoms with E-state index in [1.165, 1.54) is 10.5 Å². The fourth-order valence-corrected chi connectivity index (χ4v) is 3.50. The van der Waals surface area contributed by atoms with E-state index in [9.17, 15) is 0 Å². The molecule has 0 aromatic heterocycles. The SMILES string of the molecule is Cc1ccc(N=C(C=CSc2ccc(Cl)cc2)SCC(C)C)cc1. The predicted molar refractivity (Wildman–Crippen MR) is 112 cm³/mol. The molecule has 0 radical (unpaired) electrons. The second kappa shape index (κ2) is 9.97. The molecule has 24 heavy (non-hydrogen) atoms. The summed E-state index contributed by atoms with van der Waals surface area (Å²) in [6, 6.07) is 16.2. The van der Waals surface area contributed by atoms with Gasteiger partial charge in [-0.15, -0.1) is 11.8 Å². The second-order valence-corrected chi connectivity index (χ2v) is 8.32. The molecule has 4 heteroatoms. The number of aliphatic imine (C=N–C) groups is 1. The lowest BCUT2D eigenvalue weighted by Crippen LogP contribution is -1.95. The monoisotopic (exact) mass is 375 g/mol. The van der Waals surface area contributed by atoms with Crippen LogP contribution in [0.4, 0.5) is 5.69 Å². The third kappa shape index (κ3) is 7.16. The van der Waals surface area contributed by atoms with Gasteiger partial charge in [0.1, 0.15) is 0 Å². The van der Waals surface area contributed by atoms with Crippen molar-refractivity contribution in [3.63, 3.8) is 0 Å². The summed E-state index contributed by atoms with van der Waals surface area (Å²) in [7, 11) is 0. The summed E-state index contributed by atoms with van der Waals surface area (Å²) in [5.74, 6) is 1.69. The fraction of sp³-hybridized carbons (Fsp3) is 0.250. The van der Waals surface area contributed by atoms with Crippen LogP contribution in [0, 0.1) is 12.8 Å². The summed E-state index contributed by atoms with van der Waals surface area (Å²) in [4.78, 5) is 5.94. The number of benzene rings is 2. The largest absolute Gasteiger partial charge is 0.242 e. The first-order valence-corrected chi connectivity index (χ1v) is 10.1. The molecule has 0 unspecified atom stereocenters. The Morgan fingerprint density at radius 3 is 2.38 bits per heavy atom. The molecule has 2 rings (SSSR count). The Morgan fingerprint density at radius 2 is 1.75 bits per heavy atom. The van der Waals surface area contributed by atoms with Gasteiger partial charge in [0, 0.05) is 15.7 Å². The van der Waals surface area contributed by atoms with Gasteiger partial charge in [-0.2, -0.15) is 0 Å². The number of rotatable bonds is 6. The predicted octanol–water partition coefficient (Wildman–Crippen LogP) is 7.37. The Bertz CT molecular complexity index is 689. The molecular formula is C20H22ClNS2. The van der Waals surface area contributed by atoms with Crippen LogP contribution >= 0.6 is 35.1 Å². The van der Waals surface area contributed by atoms with Crippen molar-refractivity contribution in [2.45, 2.75) is 25.7 Å². The van der Waals surface area contributed by atoms with E-state index in [0.717, 1.165) is 21.5 Å². The van der Waals surface area contributed by atoms with Gasteiger partial charge in [0.05, 0.1) is 10.7 Å². The highest BCUT2D eigenvalue weighted by Gasteiger charge is 2.01. The average Bonchev–Trinajstić information content (AvgIpc) is 2.56. The third-order valence-electron chi connectivity index (χ3n) is 3.07. The maximum Gasteiger partial charge on any atom is 0.0972 e. The Labute approximate surface area is 158 Å². The van der Waals surface area contributed by atoms with Crippen molar-refractivity contribution in [2.24, 2.45) is 10.9 Å². The van der Waals surface area contributed by atoms with Crippen molar-refractivity contribution in [2.75, 3.05) is 5.75 Å². The lowest BCUT2D eigenvalue weighted by atomic mass is 10.2. The van der Waals surface area contributed by atoms with Crippen LogP contribution in [0.5, 0.6) is 0 Å². The van der Waals surface area contributed by atoms with Gasteiger partial charge in [-0.1, -0.05) is 54.9 Å². The summed E-state index contributed by atoms with van der Waals surface area (Å²) in [5, 5.41) is 3.88. The maximum absolute atomic E-state index is 5.92. The van der Waals surface area contributed by atoms with Crippen LogP contribution in [-0.4, -0.2) is 10.8 Å². The van der Waals surface area contributed by atoms with Crippen LogP contribution in [0.1, 0.15) is 19.4 Å². The lowest BCUT2D eigenvalue weighted by molar-refractivity contribution is 0.752. The number of thioether (sulfide) groups is 2. The van der Waals surface area contributed by atoms with Gasteiger partial charge in [-0.25, -0.2) is 4.99 Å². The molecule has 0 spiro atoms. The first kappa shape index (κ1) is 19.2. The van der Waals surface area contributed by atoms with Crippen molar-refractivity contribution in [3.8, 4) is 0 Å². The minimum atomic E-state index is 0.635. The van der Waals surface area contributed by atoms with Gasteiger partial charge in [-0.05, 0) is 60.7 Å². The van der Waals surface area contributed by atoms with Gasteiger partial charge >= 0.3 is 0 Å². The van der Waals surface area contributed by atoms with Gasteiger partial charge in [0.15, 0.2) is 0 Å². The normalized spacial score (nSPS) is 12.3. The zero-order valence-corrected chi connectivity index (χ0v) is 16.6. The molecule has 0 amide bonds. The smallest absolute Gasteiger partial charge is 0.0972 e. The van der Waals surface area contributed by atoms with Crippen molar-refractivity contribution in [1.29, 1.82) is 0 Å². The third-order valence-corrected chi connectivity index (χ3v) is 5.49. The highest BCUT2D eigenvalue weighted by atomic mass is 35.5. The van der Waals surface area contributed by atoms with E-state index < -0.39 is 0 Å². The summed E-state index contributed by atoms with van der Waals surface area (Å²) in [6.45, 7) is 6.54. The molecular weight excluding hydrogens is 354 g/mol. The fourth-order valence-electron chi connectivity index (χ4n) is 1.80. The van der Waals surface area contributed by atoms with E-state index in [-0.39, 0.29) is 0 Å². The topological polar surface area (TPSA) is 12.4 Å². The van der Waals surface area contributed by atoms with Crippen molar-refractivity contribution in [3.05, 3.63) is 70.6 Å². The molecule has 0 fully saturated rings. The van der Waals surface area contributed by atoms with Crippen molar-refractivity contribution >= 4 is 45.9 Å². The Hall–Kier alpha value is -1.16. The molecule has 0 saturated carbocycles. The van der Waals surface area contributed by atoms with Crippen molar-refractivity contribution < 1.29 is 0 Å².